The van der Waals surface area contributed by atoms with Crippen LogP contribution in [0.25, 0.3) is 11.3 Å². The zero-order valence-electron chi connectivity index (χ0n) is 17.4. The number of aryl methyl sites for hydroxylation is 1. The minimum absolute atomic E-state index is 0.113. The van der Waals surface area contributed by atoms with Crippen LogP contribution in [0, 0.1) is 6.92 Å². The van der Waals surface area contributed by atoms with Crippen LogP contribution in [0.5, 0.6) is 0 Å². The van der Waals surface area contributed by atoms with Crippen LogP contribution < -0.4 is 10.6 Å². The molecule has 9 heteroatoms. The number of nitrogens with one attached hydrogen (secondary N) is 2. The molecular formula is C23H20N4O2S3. The summed E-state index contributed by atoms with van der Waals surface area (Å²) < 4.78 is 1.05. The van der Waals surface area contributed by atoms with Crippen LogP contribution in [0.2, 0.25) is 0 Å². The van der Waals surface area contributed by atoms with E-state index in [1.165, 1.54) is 18.3 Å². The standard InChI is InChI=1S/C23H20N4O2S3/c1-14-11-31-23(24-14)32-12-16-3-5-18(6-4-16)21(29)27-22-26-20(13-30-22)17-7-9-19(10-8-17)25-15(2)28/h3-11,13H,12H2,1-2H3,(H,25,28)(H,26,27,29). The Bertz CT molecular complexity index is 1230. The van der Waals surface area contributed by atoms with Crippen molar-refractivity contribution in [1.82, 2.24) is 9.97 Å². The van der Waals surface area contributed by atoms with Crippen LogP contribution in [0.1, 0.15) is 28.5 Å². The third kappa shape index (κ3) is 5.82. The summed E-state index contributed by atoms with van der Waals surface area (Å²) in [6, 6.07) is 15.0. The number of carbonyl (C=O) groups excluding carboxylic acids is 2. The molecule has 0 radical (unpaired) electrons. The summed E-state index contributed by atoms with van der Waals surface area (Å²) in [5.41, 5.74) is 5.17. The second kappa shape index (κ2) is 10.1. The van der Waals surface area contributed by atoms with Gasteiger partial charge in [-0.1, -0.05) is 36.0 Å². The highest BCUT2D eigenvalue weighted by Crippen LogP contribution is 2.27. The van der Waals surface area contributed by atoms with Crippen molar-refractivity contribution >= 4 is 57.1 Å². The quantitative estimate of drug-likeness (QED) is 0.313. The average Bonchev–Trinajstić information content (AvgIpc) is 3.41. The van der Waals surface area contributed by atoms with Gasteiger partial charge in [0.05, 0.1) is 5.69 Å². The number of rotatable bonds is 7. The van der Waals surface area contributed by atoms with Gasteiger partial charge in [-0.15, -0.1) is 22.7 Å². The van der Waals surface area contributed by atoms with Crippen molar-refractivity contribution in [3.05, 3.63) is 76.1 Å². The monoisotopic (exact) mass is 480 g/mol. The van der Waals surface area contributed by atoms with Gasteiger partial charge in [0.1, 0.15) is 4.34 Å². The molecule has 0 fully saturated rings. The molecule has 4 rings (SSSR count). The first kappa shape index (κ1) is 22.2. The summed E-state index contributed by atoms with van der Waals surface area (Å²) in [6.45, 7) is 3.46. The zero-order chi connectivity index (χ0) is 22.5. The number of thiazole rings is 2. The van der Waals surface area contributed by atoms with Gasteiger partial charge in [-0.2, -0.15) is 0 Å². The van der Waals surface area contributed by atoms with E-state index >= 15 is 0 Å². The molecule has 0 saturated heterocycles. The summed E-state index contributed by atoms with van der Waals surface area (Å²) in [6.07, 6.45) is 0. The molecule has 2 N–H and O–H groups in total. The highest BCUT2D eigenvalue weighted by Gasteiger charge is 2.11. The van der Waals surface area contributed by atoms with Crippen LogP contribution in [-0.4, -0.2) is 21.8 Å². The Kier molecular flexibility index (Phi) is 6.99. The van der Waals surface area contributed by atoms with Gasteiger partial charge in [-0.05, 0) is 36.8 Å². The lowest BCUT2D eigenvalue weighted by Crippen LogP contribution is -2.11. The molecule has 6 nitrogen and oxygen atoms in total. The van der Waals surface area contributed by atoms with Crippen molar-refractivity contribution in [3.8, 4) is 11.3 Å². The fourth-order valence-electron chi connectivity index (χ4n) is 2.86. The summed E-state index contributed by atoms with van der Waals surface area (Å²) in [4.78, 5) is 32.7. The Balaban J connectivity index is 1.34. The number of benzene rings is 2. The maximum atomic E-state index is 12.6. The normalized spacial score (nSPS) is 10.7. The van der Waals surface area contributed by atoms with E-state index < -0.39 is 0 Å². The van der Waals surface area contributed by atoms with Crippen LogP contribution >= 0.6 is 34.4 Å². The predicted molar refractivity (Wildman–Crippen MR) is 133 cm³/mol. The second-order valence-electron chi connectivity index (χ2n) is 6.99. The van der Waals surface area contributed by atoms with Gasteiger partial charge in [-0.3, -0.25) is 14.9 Å². The Labute approximate surface area is 198 Å². The SMILES string of the molecule is CC(=O)Nc1ccc(-c2csc(NC(=O)c3ccc(CSc4nc(C)cs4)cc3)n2)cc1. The largest absolute Gasteiger partial charge is 0.326 e. The highest BCUT2D eigenvalue weighted by atomic mass is 32.2. The molecule has 0 aliphatic heterocycles. The van der Waals surface area contributed by atoms with Gasteiger partial charge in [0, 0.05) is 45.9 Å². The lowest BCUT2D eigenvalue weighted by atomic mass is 10.1. The summed E-state index contributed by atoms with van der Waals surface area (Å²) in [5.74, 6) is 0.505. The van der Waals surface area contributed by atoms with E-state index in [-0.39, 0.29) is 11.8 Å². The first-order valence-electron chi connectivity index (χ1n) is 9.75. The van der Waals surface area contributed by atoms with E-state index in [4.69, 9.17) is 0 Å². The van der Waals surface area contributed by atoms with Crippen molar-refractivity contribution < 1.29 is 9.59 Å². The lowest BCUT2D eigenvalue weighted by molar-refractivity contribution is -0.114. The van der Waals surface area contributed by atoms with Gasteiger partial charge in [-0.25, -0.2) is 9.97 Å². The molecule has 4 aromatic rings. The number of hydrogen-bond acceptors (Lipinski definition) is 7. The molecule has 32 heavy (non-hydrogen) atoms. The minimum Gasteiger partial charge on any atom is -0.326 e. The molecule has 2 heterocycles. The van der Waals surface area contributed by atoms with E-state index in [1.807, 2.05) is 66.2 Å². The average molecular weight is 481 g/mol. The first-order valence-corrected chi connectivity index (χ1v) is 12.5. The third-order valence-electron chi connectivity index (χ3n) is 4.40. The smallest absolute Gasteiger partial charge is 0.257 e. The van der Waals surface area contributed by atoms with Crippen molar-refractivity contribution in [3.63, 3.8) is 0 Å². The number of aromatic nitrogens is 2. The Hall–Kier alpha value is -3.01. The molecule has 0 spiro atoms. The van der Waals surface area contributed by atoms with Crippen molar-refractivity contribution in [1.29, 1.82) is 0 Å². The topological polar surface area (TPSA) is 84.0 Å². The van der Waals surface area contributed by atoms with Crippen molar-refractivity contribution in [2.24, 2.45) is 0 Å². The molecule has 0 saturated carbocycles. The molecule has 2 aromatic carbocycles. The van der Waals surface area contributed by atoms with Crippen LogP contribution in [-0.2, 0) is 10.5 Å². The fourth-order valence-corrected chi connectivity index (χ4v) is 5.38. The number of carbonyl (C=O) groups is 2. The molecule has 0 bridgehead atoms. The zero-order valence-corrected chi connectivity index (χ0v) is 19.9. The summed E-state index contributed by atoms with van der Waals surface area (Å²) in [5, 5.41) is 10.1. The maximum absolute atomic E-state index is 12.6. The fraction of sp³-hybridized carbons (Fsp3) is 0.130. The van der Waals surface area contributed by atoms with E-state index in [9.17, 15) is 9.59 Å². The lowest BCUT2D eigenvalue weighted by Gasteiger charge is -2.04. The number of amides is 2. The molecule has 0 atom stereocenters. The maximum Gasteiger partial charge on any atom is 0.257 e. The molecule has 0 unspecified atom stereocenters. The van der Waals surface area contributed by atoms with E-state index in [2.05, 4.69) is 20.6 Å². The van der Waals surface area contributed by atoms with Gasteiger partial charge in [0.2, 0.25) is 5.91 Å². The number of anilines is 2. The molecule has 162 valence electrons. The molecule has 2 amide bonds. The third-order valence-corrected chi connectivity index (χ3v) is 7.37. The molecule has 0 aliphatic rings. The summed E-state index contributed by atoms with van der Waals surface area (Å²) >= 11 is 4.71. The van der Waals surface area contributed by atoms with E-state index in [0.29, 0.717) is 10.7 Å². The first-order chi connectivity index (χ1) is 15.5. The minimum atomic E-state index is -0.193. The van der Waals surface area contributed by atoms with Gasteiger partial charge < -0.3 is 5.32 Å². The Morgan fingerprint density at radius 1 is 0.938 bits per heavy atom. The predicted octanol–water partition coefficient (Wildman–Crippen LogP) is 6.08. The summed E-state index contributed by atoms with van der Waals surface area (Å²) in [7, 11) is 0. The van der Waals surface area contributed by atoms with Crippen LogP contribution in [0.4, 0.5) is 10.8 Å². The van der Waals surface area contributed by atoms with Crippen molar-refractivity contribution in [2.75, 3.05) is 10.6 Å². The second-order valence-corrected chi connectivity index (χ2v) is 9.93. The van der Waals surface area contributed by atoms with E-state index in [0.717, 1.165) is 38.3 Å². The highest BCUT2D eigenvalue weighted by molar-refractivity contribution is 8.00. The molecular weight excluding hydrogens is 460 g/mol. The Morgan fingerprint density at radius 2 is 1.69 bits per heavy atom. The molecule has 0 aliphatic carbocycles. The van der Waals surface area contributed by atoms with Gasteiger partial charge in [0.25, 0.3) is 5.91 Å². The van der Waals surface area contributed by atoms with E-state index in [1.54, 1.807) is 23.1 Å². The number of hydrogen-bond donors (Lipinski definition) is 2. The van der Waals surface area contributed by atoms with Crippen LogP contribution in [0.15, 0.2) is 63.6 Å². The van der Waals surface area contributed by atoms with Gasteiger partial charge in [0.15, 0.2) is 5.13 Å². The van der Waals surface area contributed by atoms with Crippen LogP contribution in [0.3, 0.4) is 0 Å². The number of nitrogens with zero attached hydrogens (tertiary/aromatic N) is 2. The number of thioether (sulfide) groups is 1. The molecule has 2 aromatic heterocycles. The Morgan fingerprint density at radius 3 is 2.34 bits per heavy atom. The van der Waals surface area contributed by atoms with Crippen molar-refractivity contribution in [2.45, 2.75) is 23.9 Å². The van der Waals surface area contributed by atoms with Gasteiger partial charge >= 0.3 is 0 Å².